The van der Waals surface area contributed by atoms with E-state index >= 15 is 0 Å². The number of hydrogen-bond acceptors (Lipinski definition) is 8. The van der Waals surface area contributed by atoms with E-state index in [-0.39, 0.29) is 5.92 Å². The van der Waals surface area contributed by atoms with Gasteiger partial charge in [0.25, 0.3) is 5.89 Å². The van der Waals surface area contributed by atoms with E-state index in [9.17, 15) is 0 Å². The largest absolute Gasteiger partial charge is 0.493 e. The van der Waals surface area contributed by atoms with E-state index in [0.29, 0.717) is 23.1 Å². The van der Waals surface area contributed by atoms with Crippen LogP contribution < -0.4 is 14.2 Å². The highest BCUT2D eigenvalue weighted by molar-refractivity contribution is 7.15. The van der Waals surface area contributed by atoms with Gasteiger partial charge in [-0.05, 0) is 44.5 Å². The third-order valence-electron chi connectivity index (χ3n) is 5.43. The molecule has 1 atom stereocenters. The van der Waals surface area contributed by atoms with Crippen LogP contribution in [-0.4, -0.2) is 49.5 Å². The molecule has 0 spiro atoms. The normalized spacial score (nSPS) is 17.1. The van der Waals surface area contributed by atoms with Gasteiger partial charge in [-0.15, -0.1) is 21.5 Å². The van der Waals surface area contributed by atoms with Crippen molar-refractivity contribution in [3.8, 4) is 28.0 Å². The zero-order chi connectivity index (χ0) is 21.1. The molecule has 1 fully saturated rings. The summed E-state index contributed by atoms with van der Waals surface area (Å²) < 4.78 is 22.6. The number of rotatable bonds is 7. The average Bonchev–Trinajstić information content (AvgIpc) is 3.42. The van der Waals surface area contributed by atoms with Gasteiger partial charge in [0.1, 0.15) is 0 Å². The van der Waals surface area contributed by atoms with E-state index in [1.54, 1.807) is 32.7 Å². The summed E-state index contributed by atoms with van der Waals surface area (Å²) in [5.41, 5.74) is 1.07. The van der Waals surface area contributed by atoms with Crippen LogP contribution >= 0.6 is 11.3 Å². The van der Waals surface area contributed by atoms with Crippen molar-refractivity contribution >= 4 is 11.3 Å². The molecule has 3 heterocycles. The molecule has 0 saturated carbocycles. The zero-order valence-corrected chi connectivity index (χ0v) is 18.6. The Bertz CT molecular complexity index is 1000. The number of benzene rings is 1. The molecule has 0 radical (unpaired) electrons. The number of aromatic nitrogens is 2. The molecule has 0 bridgehead atoms. The van der Waals surface area contributed by atoms with Crippen LogP contribution in [0.1, 0.15) is 35.1 Å². The van der Waals surface area contributed by atoms with Crippen molar-refractivity contribution in [2.24, 2.45) is 0 Å². The number of thiophene rings is 1. The number of aryl methyl sites for hydroxylation is 1. The second kappa shape index (κ2) is 9.06. The fourth-order valence-electron chi connectivity index (χ4n) is 3.98. The number of likely N-dealkylation sites (tertiary alicyclic amines) is 1. The zero-order valence-electron chi connectivity index (χ0n) is 17.8. The Morgan fingerprint density at radius 3 is 2.60 bits per heavy atom. The Morgan fingerprint density at radius 1 is 1.07 bits per heavy atom. The van der Waals surface area contributed by atoms with E-state index in [0.717, 1.165) is 48.8 Å². The molecule has 1 saturated heterocycles. The first-order valence-corrected chi connectivity index (χ1v) is 10.8. The lowest BCUT2D eigenvalue weighted by Gasteiger charge is -2.31. The third kappa shape index (κ3) is 4.15. The summed E-state index contributed by atoms with van der Waals surface area (Å²) in [5, 5.41) is 8.63. The van der Waals surface area contributed by atoms with Gasteiger partial charge in [-0.25, -0.2) is 0 Å². The highest BCUT2D eigenvalue weighted by Crippen LogP contribution is 2.41. The van der Waals surface area contributed by atoms with Gasteiger partial charge >= 0.3 is 0 Å². The SMILES string of the molecule is COc1ccc(CN2CCC[C@@H](c3nnc(-c4ccc(C)s4)o3)C2)c(OC)c1OC. The molecule has 1 aromatic carbocycles. The third-order valence-corrected chi connectivity index (χ3v) is 6.41. The smallest absolute Gasteiger partial charge is 0.257 e. The van der Waals surface area contributed by atoms with Gasteiger partial charge in [0.05, 0.1) is 32.1 Å². The Hall–Kier alpha value is -2.58. The predicted octanol–water partition coefficient (Wildman–Crippen LogP) is 4.51. The van der Waals surface area contributed by atoms with Gasteiger partial charge in [0.2, 0.25) is 11.6 Å². The predicted molar refractivity (Wildman–Crippen MR) is 116 cm³/mol. The number of nitrogens with zero attached hydrogens (tertiary/aromatic N) is 3. The Kier molecular flexibility index (Phi) is 6.24. The van der Waals surface area contributed by atoms with Crippen LogP contribution in [0.25, 0.3) is 10.8 Å². The minimum Gasteiger partial charge on any atom is -0.493 e. The van der Waals surface area contributed by atoms with Crippen LogP contribution in [-0.2, 0) is 6.54 Å². The average molecular weight is 430 g/mol. The highest BCUT2D eigenvalue weighted by atomic mass is 32.1. The molecule has 2 aromatic heterocycles. The molecule has 160 valence electrons. The first-order valence-electron chi connectivity index (χ1n) is 10.0. The first kappa shape index (κ1) is 20.7. The molecule has 7 nitrogen and oxygen atoms in total. The maximum atomic E-state index is 6.03. The fraction of sp³-hybridized carbons (Fsp3) is 0.455. The lowest BCUT2D eigenvalue weighted by atomic mass is 9.97. The van der Waals surface area contributed by atoms with E-state index in [1.165, 1.54) is 4.88 Å². The minimum atomic E-state index is 0.229. The van der Waals surface area contributed by atoms with Gasteiger partial charge in [-0.3, -0.25) is 4.90 Å². The molecule has 30 heavy (non-hydrogen) atoms. The second-order valence-electron chi connectivity index (χ2n) is 7.42. The van der Waals surface area contributed by atoms with Crippen molar-refractivity contribution in [1.82, 2.24) is 15.1 Å². The Morgan fingerprint density at radius 2 is 1.90 bits per heavy atom. The molecule has 0 unspecified atom stereocenters. The maximum Gasteiger partial charge on any atom is 0.257 e. The number of ether oxygens (including phenoxy) is 3. The summed E-state index contributed by atoms with van der Waals surface area (Å²) in [7, 11) is 4.91. The van der Waals surface area contributed by atoms with Gasteiger partial charge in [-0.2, -0.15) is 0 Å². The molecular formula is C22H27N3O4S. The van der Waals surface area contributed by atoms with Gasteiger partial charge in [0, 0.05) is 23.5 Å². The standard InChI is InChI=1S/C22H27N3O4S/c1-14-7-10-18(30-14)22-24-23-21(29-22)16-6-5-11-25(13-16)12-15-8-9-17(26-2)20(28-4)19(15)27-3/h7-10,16H,5-6,11-13H2,1-4H3/t16-/m1/s1. The lowest BCUT2D eigenvalue weighted by molar-refractivity contribution is 0.184. The molecule has 4 rings (SSSR count). The number of methoxy groups -OCH3 is 3. The molecular weight excluding hydrogens is 402 g/mol. The van der Waals surface area contributed by atoms with Crippen LogP contribution in [0.3, 0.4) is 0 Å². The summed E-state index contributed by atoms with van der Waals surface area (Å²) >= 11 is 1.67. The van der Waals surface area contributed by atoms with Gasteiger partial charge < -0.3 is 18.6 Å². The van der Waals surface area contributed by atoms with E-state index in [4.69, 9.17) is 18.6 Å². The van der Waals surface area contributed by atoms with Gasteiger partial charge in [0.15, 0.2) is 11.5 Å². The Labute approximate surface area is 180 Å². The minimum absolute atomic E-state index is 0.229. The van der Waals surface area contributed by atoms with Crippen molar-refractivity contribution in [2.45, 2.75) is 32.2 Å². The lowest BCUT2D eigenvalue weighted by Crippen LogP contribution is -2.34. The molecule has 0 N–H and O–H groups in total. The summed E-state index contributed by atoms with van der Waals surface area (Å²) in [4.78, 5) is 4.66. The van der Waals surface area contributed by atoms with Crippen molar-refractivity contribution < 1.29 is 18.6 Å². The maximum absolute atomic E-state index is 6.03. The monoisotopic (exact) mass is 429 g/mol. The second-order valence-corrected chi connectivity index (χ2v) is 8.71. The summed E-state index contributed by atoms with van der Waals surface area (Å²) in [6.07, 6.45) is 2.13. The van der Waals surface area contributed by atoms with Crippen molar-refractivity contribution in [1.29, 1.82) is 0 Å². The van der Waals surface area contributed by atoms with Crippen molar-refractivity contribution in [2.75, 3.05) is 34.4 Å². The van der Waals surface area contributed by atoms with Crippen molar-refractivity contribution in [3.63, 3.8) is 0 Å². The quantitative estimate of drug-likeness (QED) is 0.547. The van der Waals surface area contributed by atoms with Crippen molar-refractivity contribution in [3.05, 3.63) is 40.6 Å². The first-order chi connectivity index (χ1) is 14.6. The molecule has 8 heteroatoms. The molecule has 1 aliphatic rings. The fourth-order valence-corrected chi connectivity index (χ4v) is 4.77. The van der Waals surface area contributed by atoms with Crippen LogP contribution in [0.15, 0.2) is 28.7 Å². The number of piperidine rings is 1. The highest BCUT2D eigenvalue weighted by Gasteiger charge is 2.27. The summed E-state index contributed by atoms with van der Waals surface area (Å²) in [5.74, 6) is 3.57. The summed E-state index contributed by atoms with van der Waals surface area (Å²) in [6, 6.07) is 8.07. The molecule has 1 aliphatic heterocycles. The topological polar surface area (TPSA) is 69.9 Å². The van der Waals surface area contributed by atoms with E-state index < -0.39 is 0 Å². The molecule has 0 amide bonds. The van der Waals surface area contributed by atoms with Crippen LogP contribution in [0.5, 0.6) is 17.2 Å². The summed E-state index contributed by atoms with van der Waals surface area (Å²) in [6.45, 7) is 4.71. The number of hydrogen-bond donors (Lipinski definition) is 0. The van der Waals surface area contributed by atoms with E-state index in [1.807, 2.05) is 18.2 Å². The van der Waals surface area contributed by atoms with E-state index in [2.05, 4.69) is 28.1 Å². The van der Waals surface area contributed by atoms with Crippen LogP contribution in [0.4, 0.5) is 0 Å². The van der Waals surface area contributed by atoms with Crippen LogP contribution in [0, 0.1) is 6.92 Å². The van der Waals surface area contributed by atoms with Crippen LogP contribution in [0.2, 0.25) is 0 Å². The van der Waals surface area contributed by atoms with Gasteiger partial charge in [-0.1, -0.05) is 6.07 Å². The molecule has 3 aromatic rings. The Balaban J connectivity index is 1.49. The molecule has 0 aliphatic carbocycles.